The highest BCUT2D eigenvalue weighted by molar-refractivity contribution is 8.00. The van der Waals surface area contributed by atoms with Gasteiger partial charge in [-0.05, 0) is 37.1 Å². The Hall–Kier alpha value is -2.24. The van der Waals surface area contributed by atoms with Gasteiger partial charge in [-0.25, -0.2) is 4.68 Å². The lowest BCUT2D eigenvalue weighted by molar-refractivity contribution is -0.113. The third-order valence-corrected chi connectivity index (χ3v) is 6.14. The van der Waals surface area contributed by atoms with Crippen molar-refractivity contribution in [3.05, 3.63) is 75.9 Å². The van der Waals surface area contributed by atoms with Gasteiger partial charge in [0.15, 0.2) is 0 Å². The number of carbonyl (C=O) groups excluding carboxylic acids is 1. The Labute approximate surface area is 161 Å². The molecule has 4 nitrogen and oxygen atoms in total. The molecule has 2 aromatic carbocycles. The molecule has 0 aliphatic carbocycles. The maximum Gasteiger partial charge on any atom is 0.235 e. The van der Waals surface area contributed by atoms with Crippen LogP contribution in [0.3, 0.4) is 0 Å². The maximum atomic E-state index is 12.4. The third kappa shape index (κ3) is 2.91. The summed E-state index contributed by atoms with van der Waals surface area (Å²) >= 11 is 8.05. The lowest BCUT2D eigenvalue weighted by atomic mass is 10.0. The molecule has 1 atom stereocenters. The first kappa shape index (κ1) is 17.2. The van der Waals surface area contributed by atoms with Crippen LogP contribution in [0.4, 0.5) is 5.82 Å². The van der Waals surface area contributed by atoms with Gasteiger partial charge in [0.25, 0.3) is 0 Å². The topological polar surface area (TPSA) is 46.9 Å². The minimum absolute atomic E-state index is 0.0273. The van der Waals surface area contributed by atoms with Crippen LogP contribution in [-0.2, 0) is 4.79 Å². The molecule has 1 aliphatic heterocycles. The molecular formula is C20H18ClN3OS. The number of aryl methyl sites for hydroxylation is 2. The normalized spacial score (nSPS) is 16.7. The summed E-state index contributed by atoms with van der Waals surface area (Å²) in [6.45, 7) is 4.02. The van der Waals surface area contributed by atoms with Gasteiger partial charge < -0.3 is 5.32 Å². The van der Waals surface area contributed by atoms with Gasteiger partial charge in [0, 0.05) is 10.6 Å². The molecular weight excluding hydrogens is 366 g/mol. The molecule has 1 aliphatic rings. The zero-order valence-electron chi connectivity index (χ0n) is 14.5. The quantitative estimate of drug-likeness (QED) is 0.683. The summed E-state index contributed by atoms with van der Waals surface area (Å²) in [7, 11) is 0. The highest BCUT2D eigenvalue weighted by Gasteiger charge is 2.31. The first-order chi connectivity index (χ1) is 12.6. The number of amides is 1. The second kappa shape index (κ2) is 6.82. The smallest absolute Gasteiger partial charge is 0.235 e. The Bertz CT molecular complexity index is 998. The molecule has 6 heteroatoms. The number of benzene rings is 2. The first-order valence-electron chi connectivity index (χ1n) is 8.37. The molecule has 3 aromatic rings. The molecule has 132 valence electrons. The van der Waals surface area contributed by atoms with E-state index in [4.69, 9.17) is 16.7 Å². The fourth-order valence-electron chi connectivity index (χ4n) is 3.29. The number of halogens is 1. The summed E-state index contributed by atoms with van der Waals surface area (Å²) in [6, 6.07) is 15.8. The molecule has 4 rings (SSSR count). The van der Waals surface area contributed by atoms with Crippen LogP contribution in [0.1, 0.15) is 27.6 Å². The van der Waals surface area contributed by atoms with Crippen molar-refractivity contribution < 1.29 is 4.79 Å². The van der Waals surface area contributed by atoms with Crippen molar-refractivity contribution in [2.24, 2.45) is 0 Å². The van der Waals surface area contributed by atoms with Gasteiger partial charge in [-0.3, -0.25) is 4.79 Å². The first-order valence-corrected chi connectivity index (χ1v) is 9.80. The van der Waals surface area contributed by atoms with E-state index in [0.29, 0.717) is 10.8 Å². The molecule has 2 heterocycles. The fourth-order valence-corrected chi connectivity index (χ4v) is 4.83. The van der Waals surface area contributed by atoms with Crippen LogP contribution < -0.4 is 5.32 Å². The number of anilines is 1. The molecule has 0 radical (unpaired) electrons. The van der Waals surface area contributed by atoms with Crippen LogP contribution in [0.5, 0.6) is 0 Å². The number of nitrogens with one attached hydrogen (secondary N) is 1. The minimum atomic E-state index is -0.0459. The molecule has 0 saturated heterocycles. The number of thioether (sulfide) groups is 1. The number of rotatable bonds is 2. The third-order valence-electron chi connectivity index (χ3n) is 4.54. The number of hydrogen-bond donors (Lipinski definition) is 1. The predicted octanol–water partition coefficient (Wildman–Crippen LogP) is 4.92. The second-order valence-electron chi connectivity index (χ2n) is 6.31. The summed E-state index contributed by atoms with van der Waals surface area (Å²) in [4.78, 5) is 12.4. The molecule has 0 saturated carbocycles. The van der Waals surface area contributed by atoms with Crippen molar-refractivity contribution in [3.63, 3.8) is 0 Å². The number of para-hydroxylation sites is 1. The van der Waals surface area contributed by atoms with E-state index in [9.17, 15) is 4.79 Å². The molecule has 1 N–H and O–H groups in total. The van der Waals surface area contributed by atoms with Crippen LogP contribution in [0.15, 0.2) is 48.5 Å². The van der Waals surface area contributed by atoms with E-state index in [1.54, 1.807) is 11.8 Å². The number of fused-ring (bicyclic) bond motifs is 1. The maximum absolute atomic E-state index is 12.4. The Balaban J connectivity index is 1.94. The number of aromatic nitrogens is 2. The van der Waals surface area contributed by atoms with Crippen LogP contribution in [0.2, 0.25) is 5.02 Å². The monoisotopic (exact) mass is 383 g/mol. The molecule has 1 unspecified atom stereocenters. The summed E-state index contributed by atoms with van der Waals surface area (Å²) in [5.41, 5.74) is 4.96. The predicted molar refractivity (Wildman–Crippen MR) is 107 cm³/mol. The van der Waals surface area contributed by atoms with Gasteiger partial charge in [0.1, 0.15) is 5.82 Å². The molecule has 1 amide bonds. The van der Waals surface area contributed by atoms with Crippen molar-refractivity contribution in [1.29, 1.82) is 0 Å². The molecule has 0 fully saturated rings. The van der Waals surface area contributed by atoms with Gasteiger partial charge in [-0.1, -0.05) is 48.0 Å². The van der Waals surface area contributed by atoms with Crippen LogP contribution in [-0.4, -0.2) is 21.4 Å². The molecule has 0 spiro atoms. The summed E-state index contributed by atoms with van der Waals surface area (Å²) in [5.74, 6) is 1.08. The SMILES string of the molecule is Cc1ccccc1-n1nc(C)c2c1NC(=O)CSC2c1ccccc1Cl. The summed E-state index contributed by atoms with van der Waals surface area (Å²) in [6.07, 6.45) is 0. The van der Waals surface area contributed by atoms with Gasteiger partial charge in [0.05, 0.1) is 22.4 Å². The van der Waals surface area contributed by atoms with E-state index in [2.05, 4.69) is 5.32 Å². The van der Waals surface area contributed by atoms with Gasteiger partial charge in [-0.15, -0.1) is 11.8 Å². The zero-order valence-corrected chi connectivity index (χ0v) is 16.1. The van der Waals surface area contributed by atoms with Crippen LogP contribution >= 0.6 is 23.4 Å². The van der Waals surface area contributed by atoms with E-state index in [1.807, 2.05) is 67.1 Å². The van der Waals surface area contributed by atoms with E-state index >= 15 is 0 Å². The largest absolute Gasteiger partial charge is 0.310 e. The minimum Gasteiger partial charge on any atom is -0.310 e. The van der Waals surface area contributed by atoms with Crippen molar-refractivity contribution in [2.45, 2.75) is 19.1 Å². The van der Waals surface area contributed by atoms with Crippen molar-refractivity contribution in [1.82, 2.24) is 9.78 Å². The molecule has 0 bridgehead atoms. The zero-order chi connectivity index (χ0) is 18.3. The second-order valence-corrected chi connectivity index (χ2v) is 7.81. The van der Waals surface area contributed by atoms with E-state index in [0.717, 1.165) is 33.9 Å². The van der Waals surface area contributed by atoms with E-state index < -0.39 is 0 Å². The number of hydrogen-bond acceptors (Lipinski definition) is 3. The van der Waals surface area contributed by atoms with Gasteiger partial charge in [-0.2, -0.15) is 5.10 Å². The Kier molecular flexibility index (Phi) is 4.51. The highest BCUT2D eigenvalue weighted by atomic mass is 35.5. The van der Waals surface area contributed by atoms with Gasteiger partial charge in [0.2, 0.25) is 5.91 Å². The Morgan fingerprint density at radius 2 is 1.88 bits per heavy atom. The fraction of sp³-hybridized carbons (Fsp3) is 0.200. The average Bonchev–Trinajstić information content (AvgIpc) is 2.82. The van der Waals surface area contributed by atoms with E-state index in [1.165, 1.54) is 0 Å². The number of carbonyl (C=O) groups is 1. The summed E-state index contributed by atoms with van der Waals surface area (Å²) in [5, 5.41) is 8.46. The van der Waals surface area contributed by atoms with Crippen molar-refractivity contribution in [3.8, 4) is 5.69 Å². The van der Waals surface area contributed by atoms with Gasteiger partial charge >= 0.3 is 0 Å². The average molecular weight is 384 g/mol. The van der Waals surface area contributed by atoms with Crippen LogP contribution in [0.25, 0.3) is 5.69 Å². The Morgan fingerprint density at radius 3 is 2.65 bits per heavy atom. The molecule has 26 heavy (non-hydrogen) atoms. The lowest BCUT2D eigenvalue weighted by Gasteiger charge is -2.17. The Morgan fingerprint density at radius 1 is 1.15 bits per heavy atom. The van der Waals surface area contributed by atoms with E-state index in [-0.39, 0.29) is 11.2 Å². The summed E-state index contributed by atoms with van der Waals surface area (Å²) < 4.78 is 1.84. The number of nitrogens with zero attached hydrogens (tertiary/aromatic N) is 2. The van der Waals surface area contributed by atoms with Crippen molar-refractivity contribution >= 4 is 35.1 Å². The molecule has 1 aromatic heterocycles. The van der Waals surface area contributed by atoms with Crippen molar-refractivity contribution in [2.75, 3.05) is 11.1 Å². The van der Waals surface area contributed by atoms with Crippen LogP contribution in [0, 0.1) is 13.8 Å². The standard InChI is InChI=1S/C20H18ClN3OS/c1-12-7-3-6-10-16(12)24-20-18(13(2)23-24)19(26-11-17(25)22-20)14-8-4-5-9-15(14)21/h3-10,19H,11H2,1-2H3,(H,22,25). The highest BCUT2D eigenvalue weighted by Crippen LogP contribution is 2.45. The lowest BCUT2D eigenvalue weighted by Crippen LogP contribution is -2.16.